The third-order valence-corrected chi connectivity index (χ3v) is 3.25. The summed E-state index contributed by atoms with van der Waals surface area (Å²) in [6.07, 6.45) is 2.07. The lowest BCUT2D eigenvalue weighted by Crippen LogP contribution is -2.11. The van der Waals surface area contributed by atoms with Gasteiger partial charge in [-0.1, -0.05) is 22.0 Å². The number of aromatic amines is 1. The van der Waals surface area contributed by atoms with Gasteiger partial charge >= 0.3 is 0 Å². The largest absolute Gasteiger partial charge is 0.361 e. The van der Waals surface area contributed by atoms with E-state index >= 15 is 0 Å². The maximum Gasteiger partial charge on any atom is 0.0468 e. The molecule has 0 bridgehead atoms. The maximum absolute atomic E-state index is 3.58. The lowest BCUT2D eigenvalue weighted by Gasteiger charge is -2.09. The molecule has 3 heteroatoms. The van der Waals surface area contributed by atoms with E-state index in [2.05, 4.69) is 51.5 Å². The highest BCUT2D eigenvalue weighted by Crippen LogP contribution is 2.30. The second-order valence-corrected chi connectivity index (χ2v) is 4.27. The Bertz CT molecular complexity index is 447. The highest BCUT2D eigenvalue weighted by atomic mass is 79.9. The van der Waals surface area contributed by atoms with Crippen LogP contribution in [0.5, 0.6) is 0 Å². The van der Waals surface area contributed by atoms with Crippen molar-refractivity contribution in [1.82, 2.24) is 10.3 Å². The molecule has 0 saturated heterocycles. The van der Waals surface area contributed by atoms with E-state index < -0.39 is 0 Å². The summed E-state index contributed by atoms with van der Waals surface area (Å²) in [5.74, 6) is 0. The van der Waals surface area contributed by atoms with Gasteiger partial charge in [-0.25, -0.2) is 0 Å². The summed E-state index contributed by atoms with van der Waals surface area (Å²) in [5, 5.41) is 4.52. The van der Waals surface area contributed by atoms with Gasteiger partial charge in [-0.15, -0.1) is 0 Å². The van der Waals surface area contributed by atoms with Crippen LogP contribution in [-0.2, 0) is 0 Å². The molecule has 1 aromatic carbocycles. The zero-order valence-corrected chi connectivity index (χ0v) is 9.85. The molecule has 0 spiro atoms. The van der Waals surface area contributed by atoms with Crippen molar-refractivity contribution in [2.45, 2.75) is 13.0 Å². The van der Waals surface area contributed by atoms with E-state index in [1.165, 1.54) is 16.5 Å². The highest BCUT2D eigenvalue weighted by molar-refractivity contribution is 9.10. The number of nitrogens with one attached hydrogen (secondary N) is 2. The van der Waals surface area contributed by atoms with Crippen molar-refractivity contribution in [2.75, 3.05) is 7.05 Å². The van der Waals surface area contributed by atoms with Crippen LogP contribution in [0.15, 0.2) is 28.9 Å². The second-order valence-electron chi connectivity index (χ2n) is 3.42. The van der Waals surface area contributed by atoms with Crippen molar-refractivity contribution in [3.63, 3.8) is 0 Å². The first-order valence-electron chi connectivity index (χ1n) is 4.67. The van der Waals surface area contributed by atoms with Gasteiger partial charge < -0.3 is 10.3 Å². The van der Waals surface area contributed by atoms with Crippen molar-refractivity contribution in [1.29, 1.82) is 0 Å². The zero-order chi connectivity index (χ0) is 10.1. The molecular weight excluding hydrogens is 240 g/mol. The molecule has 0 radical (unpaired) electrons. The van der Waals surface area contributed by atoms with Gasteiger partial charge in [0.25, 0.3) is 0 Å². The van der Waals surface area contributed by atoms with E-state index in [1.807, 2.05) is 13.1 Å². The molecule has 1 heterocycles. The van der Waals surface area contributed by atoms with Crippen LogP contribution in [0.2, 0.25) is 0 Å². The van der Waals surface area contributed by atoms with Crippen molar-refractivity contribution in [3.05, 3.63) is 34.4 Å². The Labute approximate surface area is 91.8 Å². The van der Waals surface area contributed by atoms with Gasteiger partial charge in [0.15, 0.2) is 0 Å². The van der Waals surface area contributed by atoms with E-state index in [0.717, 1.165) is 4.47 Å². The van der Waals surface area contributed by atoms with Crippen molar-refractivity contribution in [3.8, 4) is 0 Å². The van der Waals surface area contributed by atoms with Crippen LogP contribution in [0.25, 0.3) is 10.9 Å². The molecule has 1 unspecified atom stereocenters. The Morgan fingerprint density at radius 2 is 2.21 bits per heavy atom. The van der Waals surface area contributed by atoms with Gasteiger partial charge in [0.05, 0.1) is 0 Å². The molecule has 0 amide bonds. The number of H-pyrrole nitrogens is 1. The Morgan fingerprint density at radius 1 is 1.43 bits per heavy atom. The molecule has 0 aliphatic carbocycles. The number of rotatable bonds is 2. The SMILES string of the molecule is CNC(C)c1c[nH]c2cccc(Br)c12. The van der Waals surface area contributed by atoms with Crippen LogP contribution in [0.3, 0.4) is 0 Å². The van der Waals surface area contributed by atoms with Gasteiger partial charge in [-0.2, -0.15) is 0 Å². The van der Waals surface area contributed by atoms with Crippen LogP contribution < -0.4 is 5.32 Å². The van der Waals surface area contributed by atoms with Gasteiger partial charge in [-0.05, 0) is 31.7 Å². The fourth-order valence-electron chi connectivity index (χ4n) is 1.66. The number of benzene rings is 1. The van der Waals surface area contributed by atoms with E-state index in [1.54, 1.807) is 0 Å². The molecule has 14 heavy (non-hydrogen) atoms. The van der Waals surface area contributed by atoms with Crippen molar-refractivity contribution >= 4 is 26.8 Å². The van der Waals surface area contributed by atoms with E-state index in [4.69, 9.17) is 0 Å². The molecule has 74 valence electrons. The summed E-state index contributed by atoms with van der Waals surface area (Å²) in [6, 6.07) is 6.56. The number of fused-ring (bicyclic) bond motifs is 1. The normalized spacial score (nSPS) is 13.4. The van der Waals surface area contributed by atoms with E-state index in [0.29, 0.717) is 6.04 Å². The van der Waals surface area contributed by atoms with Gasteiger partial charge in [0, 0.05) is 27.6 Å². The quantitative estimate of drug-likeness (QED) is 0.845. The molecule has 2 N–H and O–H groups in total. The predicted molar refractivity (Wildman–Crippen MR) is 63.5 cm³/mol. The van der Waals surface area contributed by atoms with Crippen molar-refractivity contribution < 1.29 is 0 Å². The Hall–Kier alpha value is -0.800. The van der Waals surface area contributed by atoms with Gasteiger partial charge in [-0.3, -0.25) is 0 Å². The van der Waals surface area contributed by atoms with Crippen LogP contribution in [0.1, 0.15) is 18.5 Å². The number of halogens is 1. The smallest absolute Gasteiger partial charge is 0.0468 e. The molecule has 1 atom stereocenters. The monoisotopic (exact) mass is 252 g/mol. The van der Waals surface area contributed by atoms with Crippen LogP contribution in [0, 0.1) is 0 Å². The lowest BCUT2D eigenvalue weighted by molar-refractivity contribution is 0.657. The molecule has 0 aliphatic heterocycles. The van der Waals surface area contributed by atoms with Crippen LogP contribution in [-0.4, -0.2) is 12.0 Å². The average Bonchev–Trinajstić information content (AvgIpc) is 2.62. The first-order chi connectivity index (χ1) is 6.74. The van der Waals surface area contributed by atoms with Crippen molar-refractivity contribution in [2.24, 2.45) is 0 Å². The summed E-state index contributed by atoms with van der Waals surface area (Å²) in [4.78, 5) is 3.27. The lowest BCUT2D eigenvalue weighted by atomic mass is 10.1. The number of hydrogen-bond acceptors (Lipinski definition) is 1. The molecule has 2 nitrogen and oxygen atoms in total. The van der Waals surface area contributed by atoms with Gasteiger partial charge in [0.2, 0.25) is 0 Å². The fourth-order valence-corrected chi connectivity index (χ4v) is 2.26. The van der Waals surface area contributed by atoms with Crippen LogP contribution >= 0.6 is 15.9 Å². The average molecular weight is 253 g/mol. The van der Waals surface area contributed by atoms with Gasteiger partial charge in [0.1, 0.15) is 0 Å². The summed E-state index contributed by atoms with van der Waals surface area (Å²) >= 11 is 3.58. The third kappa shape index (κ3) is 1.47. The topological polar surface area (TPSA) is 27.8 Å². The summed E-state index contributed by atoms with van der Waals surface area (Å²) in [7, 11) is 1.97. The predicted octanol–water partition coefficient (Wildman–Crippen LogP) is 3.21. The molecule has 0 saturated carbocycles. The first-order valence-corrected chi connectivity index (χ1v) is 5.46. The third-order valence-electron chi connectivity index (χ3n) is 2.58. The summed E-state index contributed by atoms with van der Waals surface area (Å²) < 4.78 is 1.15. The molecular formula is C11H13BrN2. The minimum Gasteiger partial charge on any atom is -0.361 e. The summed E-state index contributed by atoms with van der Waals surface area (Å²) in [5.41, 5.74) is 2.48. The Morgan fingerprint density at radius 3 is 2.93 bits per heavy atom. The van der Waals surface area contributed by atoms with E-state index in [-0.39, 0.29) is 0 Å². The Kier molecular flexibility index (Phi) is 2.61. The highest BCUT2D eigenvalue weighted by Gasteiger charge is 2.11. The number of hydrogen-bond donors (Lipinski definition) is 2. The number of aromatic nitrogens is 1. The standard InChI is InChI=1S/C11H13BrN2/c1-7(13-2)8-6-14-10-5-3-4-9(12)11(8)10/h3-7,13-14H,1-2H3. The minimum atomic E-state index is 0.363. The first kappa shape index (κ1) is 9.74. The molecule has 2 aromatic rings. The van der Waals surface area contributed by atoms with Crippen LogP contribution in [0.4, 0.5) is 0 Å². The molecule has 0 aliphatic rings. The second kappa shape index (κ2) is 3.75. The fraction of sp³-hybridized carbons (Fsp3) is 0.273. The van der Waals surface area contributed by atoms with E-state index in [9.17, 15) is 0 Å². The Balaban J connectivity index is 2.67. The minimum absolute atomic E-state index is 0.363. The molecule has 1 aromatic heterocycles. The molecule has 0 fully saturated rings. The zero-order valence-electron chi connectivity index (χ0n) is 8.26. The molecule has 2 rings (SSSR count). The maximum atomic E-state index is 3.58. The summed E-state index contributed by atoms with van der Waals surface area (Å²) in [6.45, 7) is 2.15.